The number of carbonyl (C=O) groups is 1. The molecule has 0 saturated carbocycles. The molecule has 2 aromatic rings. The van der Waals surface area contributed by atoms with Gasteiger partial charge in [0.05, 0.1) is 31.9 Å². The van der Waals surface area contributed by atoms with Gasteiger partial charge in [0, 0.05) is 0 Å². The standard InChI is InChI=1S/C19H16FNO4S2/c1-23-14-8-11(9-15(24-2)17(14)25-3)10-16-18(22)21(19(26)27-16)13-6-4-12(20)5-7-13/h4-10H,1-3H3. The first-order valence-corrected chi connectivity index (χ1v) is 9.04. The number of thiocarbonyl (C=S) groups is 1. The van der Waals surface area contributed by atoms with Crippen molar-refractivity contribution in [2.24, 2.45) is 0 Å². The molecule has 5 nitrogen and oxygen atoms in total. The molecule has 27 heavy (non-hydrogen) atoms. The van der Waals surface area contributed by atoms with Gasteiger partial charge in [0.15, 0.2) is 15.8 Å². The average Bonchev–Trinajstić information content (AvgIpc) is 2.95. The molecule has 0 aliphatic carbocycles. The van der Waals surface area contributed by atoms with Crippen LogP contribution < -0.4 is 19.1 Å². The molecule has 0 N–H and O–H groups in total. The Bertz CT molecular complexity index is 903. The van der Waals surface area contributed by atoms with E-state index in [4.69, 9.17) is 26.4 Å². The van der Waals surface area contributed by atoms with E-state index < -0.39 is 0 Å². The Morgan fingerprint density at radius 3 is 2.15 bits per heavy atom. The van der Waals surface area contributed by atoms with Crippen molar-refractivity contribution in [3.05, 3.63) is 52.7 Å². The predicted octanol–water partition coefficient (Wildman–Crippen LogP) is 4.26. The molecule has 0 unspecified atom stereocenters. The van der Waals surface area contributed by atoms with Crippen LogP contribution in [0.1, 0.15) is 5.56 Å². The van der Waals surface area contributed by atoms with Crippen LogP contribution in [-0.4, -0.2) is 31.6 Å². The van der Waals surface area contributed by atoms with Crippen molar-refractivity contribution in [2.45, 2.75) is 0 Å². The molecule has 140 valence electrons. The second-order valence-corrected chi connectivity index (χ2v) is 7.13. The van der Waals surface area contributed by atoms with Gasteiger partial charge in [0.2, 0.25) is 5.75 Å². The van der Waals surface area contributed by atoms with E-state index in [9.17, 15) is 9.18 Å². The third kappa shape index (κ3) is 3.77. The summed E-state index contributed by atoms with van der Waals surface area (Å²) in [5.74, 6) is 0.785. The maximum absolute atomic E-state index is 13.1. The Balaban J connectivity index is 1.97. The second-order valence-electron chi connectivity index (χ2n) is 5.45. The SMILES string of the molecule is COc1cc(C=C2SC(=S)N(c3ccc(F)cc3)C2=O)cc(OC)c1OC. The van der Waals surface area contributed by atoms with Crippen molar-refractivity contribution in [3.63, 3.8) is 0 Å². The van der Waals surface area contributed by atoms with E-state index in [1.165, 1.54) is 62.3 Å². The van der Waals surface area contributed by atoms with E-state index >= 15 is 0 Å². The third-order valence-corrected chi connectivity index (χ3v) is 5.17. The molecular weight excluding hydrogens is 389 g/mol. The number of thioether (sulfide) groups is 1. The number of anilines is 1. The van der Waals surface area contributed by atoms with E-state index in [0.717, 1.165) is 0 Å². The molecule has 0 spiro atoms. The number of methoxy groups -OCH3 is 3. The van der Waals surface area contributed by atoms with Crippen LogP contribution in [0.2, 0.25) is 0 Å². The van der Waals surface area contributed by atoms with Crippen molar-refractivity contribution in [2.75, 3.05) is 26.2 Å². The fourth-order valence-electron chi connectivity index (χ4n) is 2.62. The van der Waals surface area contributed by atoms with E-state index in [1.807, 2.05) is 0 Å². The highest BCUT2D eigenvalue weighted by molar-refractivity contribution is 8.27. The molecule has 1 amide bonds. The number of amides is 1. The van der Waals surface area contributed by atoms with Gasteiger partial charge in [-0.2, -0.15) is 0 Å². The Morgan fingerprint density at radius 1 is 1.04 bits per heavy atom. The second kappa shape index (κ2) is 7.98. The number of benzene rings is 2. The normalized spacial score (nSPS) is 15.4. The van der Waals surface area contributed by atoms with Gasteiger partial charge in [-0.25, -0.2) is 4.39 Å². The van der Waals surface area contributed by atoms with Crippen molar-refractivity contribution in [1.29, 1.82) is 0 Å². The summed E-state index contributed by atoms with van der Waals surface area (Å²) in [7, 11) is 4.57. The largest absolute Gasteiger partial charge is 0.493 e. The van der Waals surface area contributed by atoms with Crippen LogP contribution in [0.4, 0.5) is 10.1 Å². The molecule has 2 aromatic carbocycles. The zero-order valence-electron chi connectivity index (χ0n) is 14.8. The Morgan fingerprint density at radius 2 is 1.63 bits per heavy atom. The van der Waals surface area contributed by atoms with Crippen LogP contribution in [0.25, 0.3) is 6.08 Å². The molecule has 1 aliphatic rings. The summed E-state index contributed by atoms with van der Waals surface area (Å²) in [5, 5.41) is 0. The zero-order chi connectivity index (χ0) is 19.6. The lowest BCUT2D eigenvalue weighted by Gasteiger charge is -2.14. The van der Waals surface area contributed by atoms with E-state index in [2.05, 4.69) is 0 Å². The summed E-state index contributed by atoms with van der Waals surface area (Å²) in [6.07, 6.45) is 1.70. The quantitative estimate of drug-likeness (QED) is 0.547. The van der Waals surface area contributed by atoms with Crippen LogP contribution >= 0.6 is 24.0 Å². The minimum atomic E-state index is -0.378. The molecule has 0 bridgehead atoms. The minimum absolute atomic E-state index is 0.273. The number of ether oxygens (including phenoxy) is 3. The van der Waals surface area contributed by atoms with Gasteiger partial charge in [-0.15, -0.1) is 0 Å². The van der Waals surface area contributed by atoms with E-state index in [0.29, 0.717) is 37.7 Å². The number of hydrogen-bond donors (Lipinski definition) is 0. The van der Waals surface area contributed by atoms with Gasteiger partial charge in [-0.3, -0.25) is 9.69 Å². The predicted molar refractivity (Wildman–Crippen MR) is 108 cm³/mol. The van der Waals surface area contributed by atoms with Crippen molar-refractivity contribution < 1.29 is 23.4 Å². The number of carbonyl (C=O) groups excluding carboxylic acids is 1. The number of halogens is 1. The molecule has 1 fully saturated rings. The van der Waals surface area contributed by atoms with Crippen LogP contribution in [0, 0.1) is 5.82 Å². The first-order chi connectivity index (χ1) is 13.0. The summed E-state index contributed by atoms with van der Waals surface area (Å²) in [4.78, 5) is 14.6. The fraction of sp³-hybridized carbons (Fsp3) is 0.158. The maximum Gasteiger partial charge on any atom is 0.270 e. The average molecular weight is 405 g/mol. The van der Waals surface area contributed by atoms with Crippen LogP contribution in [0.5, 0.6) is 17.2 Å². The molecular formula is C19H16FNO4S2. The molecule has 1 saturated heterocycles. The summed E-state index contributed by atoms with van der Waals surface area (Å²) in [6.45, 7) is 0. The van der Waals surface area contributed by atoms with Gasteiger partial charge >= 0.3 is 0 Å². The molecule has 8 heteroatoms. The van der Waals surface area contributed by atoms with Gasteiger partial charge in [-0.1, -0.05) is 24.0 Å². The minimum Gasteiger partial charge on any atom is -0.493 e. The van der Waals surface area contributed by atoms with E-state index in [-0.39, 0.29) is 11.7 Å². The summed E-state index contributed by atoms with van der Waals surface area (Å²) >= 11 is 6.50. The highest BCUT2D eigenvalue weighted by Crippen LogP contribution is 2.41. The highest BCUT2D eigenvalue weighted by Gasteiger charge is 2.33. The Labute approximate surface area is 165 Å². The monoisotopic (exact) mass is 405 g/mol. The lowest BCUT2D eigenvalue weighted by atomic mass is 10.1. The molecule has 0 radical (unpaired) electrons. The van der Waals surface area contributed by atoms with Crippen LogP contribution in [-0.2, 0) is 4.79 Å². The number of rotatable bonds is 5. The van der Waals surface area contributed by atoms with Crippen LogP contribution in [0.15, 0.2) is 41.3 Å². The van der Waals surface area contributed by atoms with Gasteiger partial charge < -0.3 is 14.2 Å². The van der Waals surface area contributed by atoms with Gasteiger partial charge in [0.1, 0.15) is 5.82 Å². The molecule has 1 aliphatic heterocycles. The topological polar surface area (TPSA) is 48.0 Å². The number of hydrogen-bond acceptors (Lipinski definition) is 6. The van der Waals surface area contributed by atoms with Gasteiger partial charge in [-0.05, 0) is 48.0 Å². The lowest BCUT2D eigenvalue weighted by Crippen LogP contribution is -2.27. The Hall–Kier alpha value is -2.58. The molecule has 1 heterocycles. The Kier molecular flexibility index (Phi) is 5.67. The third-order valence-electron chi connectivity index (χ3n) is 3.86. The summed E-state index contributed by atoms with van der Waals surface area (Å²) in [5.41, 5.74) is 1.22. The van der Waals surface area contributed by atoms with Crippen molar-refractivity contribution >= 4 is 46.0 Å². The van der Waals surface area contributed by atoms with Crippen LogP contribution in [0.3, 0.4) is 0 Å². The molecule has 0 atom stereocenters. The van der Waals surface area contributed by atoms with Crippen molar-refractivity contribution in [1.82, 2.24) is 0 Å². The van der Waals surface area contributed by atoms with Crippen molar-refractivity contribution in [3.8, 4) is 17.2 Å². The van der Waals surface area contributed by atoms with Gasteiger partial charge in [0.25, 0.3) is 5.91 Å². The highest BCUT2D eigenvalue weighted by atomic mass is 32.2. The maximum atomic E-state index is 13.1. The molecule has 0 aromatic heterocycles. The molecule has 3 rings (SSSR count). The lowest BCUT2D eigenvalue weighted by molar-refractivity contribution is -0.113. The summed E-state index contributed by atoms with van der Waals surface area (Å²) in [6, 6.07) is 9.09. The zero-order valence-corrected chi connectivity index (χ0v) is 16.4. The summed E-state index contributed by atoms with van der Waals surface area (Å²) < 4.78 is 29.5. The smallest absolute Gasteiger partial charge is 0.270 e. The van der Waals surface area contributed by atoms with E-state index in [1.54, 1.807) is 18.2 Å². The first-order valence-electron chi connectivity index (χ1n) is 7.82. The first kappa shape index (κ1) is 19.2. The number of nitrogens with zero attached hydrogens (tertiary/aromatic N) is 1. The fourth-order valence-corrected chi connectivity index (χ4v) is 3.92.